The van der Waals surface area contributed by atoms with Crippen LogP contribution in [0, 0.1) is 0 Å². The molecule has 0 bridgehead atoms. The second kappa shape index (κ2) is 10.3. The number of allylic oxidation sites excluding steroid dienone is 4. The van der Waals surface area contributed by atoms with Gasteiger partial charge in [0, 0.05) is 0 Å². The van der Waals surface area contributed by atoms with E-state index in [9.17, 15) is 0 Å². The van der Waals surface area contributed by atoms with E-state index in [0.717, 1.165) is 11.1 Å². The van der Waals surface area contributed by atoms with Crippen LogP contribution in [-0.4, -0.2) is 0 Å². The van der Waals surface area contributed by atoms with Crippen LogP contribution >= 0.6 is 24.8 Å². The molecule has 3 aromatic carbocycles. The van der Waals surface area contributed by atoms with Crippen molar-refractivity contribution in [2.45, 2.75) is 25.0 Å². The fourth-order valence-corrected chi connectivity index (χ4v) is 5.39. The van der Waals surface area contributed by atoms with Gasteiger partial charge in [-0.1, -0.05) is 0 Å². The van der Waals surface area contributed by atoms with Crippen molar-refractivity contribution < 1.29 is 19.4 Å². The zero-order valence-corrected chi connectivity index (χ0v) is 19.4. The number of nitrogens with one attached hydrogen (secondary N) is 1. The van der Waals surface area contributed by atoms with Crippen LogP contribution in [0.25, 0.3) is 16.3 Å². The molecule has 1 nitrogen and oxygen atoms in total. The molecule has 0 radical (unpaired) electrons. The predicted molar refractivity (Wildman–Crippen MR) is 123 cm³/mol. The van der Waals surface area contributed by atoms with Crippen molar-refractivity contribution in [2.75, 3.05) is 3.80 Å². The maximum Gasteiger partial charge on any atom is -0.147 e. The quantitative estimate of drug-likeness (QED) is 0.403. The molecule has 28 heavy (non-hydrogen) atoms. The molecule has 0 aliphatic heterocycles. The van der Waals surface area contributed by atoms with Crippen molar-refractivity contribution in [1.29, 1.82) is 0 Å². The average molecular weight is 446 g/mol. The summed E-state index contributed by atoms with van der Waals surface area (Å²) in [6.45, 7) is 4.49. The van der Waals surface area contributed by atoms with Crippen molar-refractivity contribution in [3.8, 4) is 0 Å². The Hall–Kier alpha value is -1.51. The van der Waals surface area contributed by atoms with E-state index in [2.05, 4.69) is 90.5 Å². The second-order valence-electron chi connectivity index (χ2n) is 6.99. The van der Waals surface area contributed by atoms with Crippen molar-refractivity contribution in [1.82, 2.24) is 0 Å². The topological polar surface area (TPSA) is 12.0 Å². The average Bonchev–Trinajstić information content (AvgIpc) is 3.00. The number of hydrogen-bond acceptors (Lipinski definition) is 1. The van der Waals surface area contributed by atoms with E-state index in [1.54, 1.807) is 0 Å². The van der Waals surface area contributed by atoms with E-state index < -0.39 is 0 Å². The number of hydrogen-bond donors (Lipinski definition) is 1. The molecule has 4 heteroatoms. The summed E-state index contributed by atoms with van der Waals surface area (Å²) in [5, 5.41) is 2.76. The Morgan fingerprint density at radius 2 is 1.57 bits per heavy atom. The molecule has 0 heterocycles. The Labute approximate surface area is 189 Å². The van der Waals surface area contributed by atoms with Gasteiger partial charge >= 0.3 is 165 Å². The van der Waals surface area contributed by atoms with Crippen LogP contribution in [0.4, 0.5) is 5.69 Å². The molecule has 3 aromatic rings. The third-order valence-corrected chi connectivity index (χ3v) is 6.59. The summed E-state index contributed by atoms with van der Waals surface area (Å²) in [5.41, 5.74) is 8.61. The fourth-order valence-electron chi connectivity index (χ4n) is 3.80. The number of benzene rings is 3. The molecule has 0 saturated heterocycles. The van der Waals surface area contributed by atoms with Crippen LogP contribution in [0.5, 0.6) is 0 Å². The Balaban J connectivity index is 0.00000140. The van der Waals surface area contributed by atoms with Gasteiger partial charge in [0.25, 0.3) is 0 Å². The number of fused-ring (bicyclic) bond motifs is 1. The molecule has 0 saturated carbocycles. The third-order valence-electron chi connectivity index (χ3n) is 5.03. The molecule has 0 fully saturated rings. The second-order valence-corrected chi connectivity index (χ2v) is 8.48. The first-order chi connectivity index (χ1) is 12.7. The third kappa shape index (κ3) is 4.91. The van der Waals surface area contributed by atoms with E-state index in [4.69, 9.17) is 0 Å². The maximum atomic E-state index is 3.69. The van der Waals surface area contributed by atoms with E-state index in [1.807, 2.05) is 0 Å². The number of para-hydroxylation sites is 1. The SMILES string of the molecule is CC1=CC(C)=C(c2ccc3ccccc3c2[CH2][Ti][NH]c2ccccc2)C1.Cl.Cl. The van der Waals surface area contributed by atoms with Crippen LogP contribution in [-0.2, 0) is 24.1 Å². The summed E-state index contributed by atoms with van der Waals surface area (Å²) in [6, 6.07) is 24.0. The molecule has 0 amide bonds. The summed E-state index contributed by atoms with van der Waals surface area (Å²) in [5.74, 6) is 0. The van der Waals surface area contributed by atoms with Gasteiger partial charge in [0.15, 0.2) is 0 Å². The van der Waals surface area contributed by atoms with Gasteiger partial charge in [0.1, 0.15) is 0 Å². The normalized spacial score (nSPS) is 12.9. The smallest absolute Gasteiger partial charge is 0.147 e. The Morgan fingerprint density at radius 1 is 0.857 bits per heavy atom. The van der Waals surface area contributed by atoms with E-state index in [0.29, 0.717) is 0 Å². The van der Waals surface area contributed by atoms with Gasteiger partial charge in [0.2, 0.25) is 0 Å². The minimum Gasteiger partial charge on any atom is -0.147 e. The van der Waals surface area contributed by atoms with Crippen molar-refractivity contribution in [3.05, 3.63) is 95.1 Å². The predicted octanol–water partition coefficient (Wildman–Crippen LogP) is 7.42. The minimum absolute atomic E-state index is 0. The molecule has 0 atom stereocenters. The van der Waals surface area contributed by atoms with Gasteiger partial charge in [-0.3, -0.25) is 0 Å². The summed E-state index contributed by atoms with van der Waals surface area (Å²) >= 11 is -0.304. The van der Waals surface area contributed by atoms with Crippen LogP contribution in [0.3, 0.4) is 0 Å². The largest absolute Gasteiger partial charge is 0.147 e. The van der Waals surface area contributed by atoms with Crippen molar-refractivity contribution in [2.24, 2.45) is 0 Å². The van der Waals surface area contributed by atoms with E-state index in [-0.39, 0.29) is 44.2 Å². The summed E-state index contributed by atoms with van der Waals surface area (Å²) in [4.78, 5) is 0. The number of halogens is 2. The molecule has 1 N–H and O–H groups in total. The van der Waals surface area contributed by atoms with E-state index in [1.165, 1.54) is 44.3 Å². The van der Waals surface area contributed by atoms with Crippen LogP contribution in [0.2, 0.25) is 0 Å². The van der Waals surface area contributed by atoms with Crippen molar-refractivity contribution >= 4 is 46.8 Å². The standard InChI is InChI=1S/C18H17.C6H6N.2ClH.Ti/c1-12-10-13(2)18(11-12)17-9-8-15-6-4-5-7-16(15)14(17)3;7-6-4-2-1-3-5-6;;;/h4-10H,3,11H2,1-2H3;1-5,7H;2*1H;/q;-1;;;+1. The first-order valence-corrected chi connectivity index (χ1v) is 11.0. The molecule has 0 aromatic heterocycles. The molecular formula is C24H25Cl2NTi. The van der Waals surface area contributed by atoms with E-state index >= 15 is 0 Å². The molecule has 1 aliphatic rings. The first-order valence-electron chi connectivity index (χ1n) is 9.14. The summed E-state index contributed by atoms with van der Waals surface area (Å²) in [7, 11) is 0. The number of anilines is 1. The Kier molecular flexibility index (Phi) is 8.40. The van der Waals surface area contributed by atoms with Crippen LogP contribution < -0.4 is 3.80 Å². The summed E-state index contributed by atoms with van der Waals surface area (Å²) in [6.07, 6.45) is 3.43. The molecule has 1 aliphatic carbocycles. The zero-order chi connectivity index (χ0) is 17.9. The van der Waals surface area contributed by atoms with Gasteiger partial charge < -0.3 is 0 Å². The molecular weight excluding hydrogens is 421 g/mol. The number of rotatable bonds is 5. The monoisotopic (exact) mass is 445 g/mol. The maximum absolute atomic E-state index is 3.69. The van der Waals surface area contributed by atoms with Gasteiger partial charge in [-0.2, -0.15) is 0 Å². The Morgan fingerprint density at radius 3 is 2.29 bits per heavy atom. The summed E-state index contributed by atoms with van der Waals surface area (Å²) < 4.78 is 4.83. The van der Waals surface area contributed by atoms with Gasteiger partial charge in [-0.25, -0.2) is 0 Å². The van der Waals surface area contributed by atoms with Gasteiger partial charge in [-0.05, 0) is 0 Å². The molecule has 144 valence electrons. The van der Waals surface area contributed by atoms with Crippen LogP contribution in [0.15, 0.2) is 84.0 Å². The van der Waals surface area contributed by atoms with Crippen molar-refractivity contribution in [3.63, 3.8) is 0 Å². The van der Waals surface area contributed by atoms with Gasteiger partial charge in [-0.15, -0.1) is 24.8 Å². The fraction of sp³-hybridized carbons (Fsp3) is 0.167. The molecule has 0 spiro atoms. The minimum atomic E-state index is -0.304. The zero-order valence-electron chi connectivity index (χ0n) is 16.2. The van der Waals surface area contributed by atoms with Crippen LogP contribution in [0.1, 0.15) is 31.4 Å². The van der Waals surface area contributed by atoms with Gasteiger partial charge in [0.05, 0.1) is 0 Å². The molecule has 0 unspecified atom stereocenters. The Bertz CT molecular complexity index is 1010. The first kappa shape index (κ1) is 22.8. The molecule has 4 rings (SSSR count).